The highest BCUT2D eigenvalue weighted by Crippen LogP contribution is 2.35. The van der Waals surface area contributed by atoms with E-state index in [4.69, 9.17) is 18.2 Å². The summed E-state index contributed by atoms with van der Waals surface area (Å²) in [4.78, 5) is 14.5. The first-order valence-electron chi connectivity index (χ1n) is 10.8. The van der Waals surface area contributed by atoms with Crippen LogP contribution in [0.15, 0.2) is 18.3 Å². The predicted octanol–water partition coefficient (Wildman–Crippen LogP) is 3.30. The number of fused-ring (bicyclic) bond motifs is 1. The van der Waals surface area contributed by atoms with E-state index in [-0.39, 0.29) is 23.8 Å². The lowest BCUT2D eigenvalue weighted by Crippen LogP contribution is -2.51. The number of nitriles is 1. The molecule has 0 spiro atoms. The molecule has 10 nitrogen and oxygen atoms in total. The van der Waals surface area contributed by atoms with Crippen molar-refractivity contribution >= 4 is 40.5 Å². The van der Waals surface area contributed by atoms with Crippen LogP contribution in [-0.2, 0) is 0 Å². The standard InChI is InChI=1S/C22H22ClN9O/c1-12(9-31-10-15(33)11-31)16-5-13(7-24)6-17(19(16)23)28-22-29-20(27-14-3-4-14)21-26-8-18(25-2)32(21)30-22/h5-6,8,12,14-15,33H,3-4,9-11H2,1H3,(H2,27,28,29,30). The highest BCUT2D eigenvalue weighted by Gasteiger charge is 2.28. The Hall–Kier alpha value is -3.44. The summed E-state index contributed by atoms with van der Waals surface area (Å²) in [5.74, 6) is 1.12. The van der Waals surface area contributed by atoms with Crippen LogP contribution < -0.4 is 10.6 Å². The topological polar surface area (TPSA) is 119 Å². The van der Waals surface area contributed by atoms with E-state index in [1.165, 1.54) is 10.7 Å². The molecule has 2 aromatic heterocycles. The molecular weight excluding hydrogens is 442 g/mol. The van der Waals surface area contributed by atoms with Crippen LogP contribution in [0, 0.1) is 17.9 Å². The zero-order valence-electron chi connectivity index (χ0n) is 18.0. The first kappa shape index (κ1) is 21.4. The van der Waals surface area contributed by atoms with Crippen molar-refractivity contribution in [1.82, 2.24) is 24.5 Å². The third-order valence-corrected chi connectivity index (χ3v) is 6.28. The van der Waals surface area contributed by atoms with Crippen molar-refractivity contribution in [2.75, 3.05) is 30.3 Å². The quantitative estimate of drug-likeness (QED) is 0.457. The number of aliphatic hydroxyl groups excluding tert-OH is 1. The molecule has 3 N–H and O–H groups in total. The van der Waals surface area contributed by atoms with Crippen LogP contribution in [0.25, 0.3) is 10.5 Å². The van der Waals surface area contributed by atoms with Gasteiger partial charge in [0.15, 0.2) is 5.82 Å². The van der Waals surface area contributed by atoms with Gasteiger partial charge in [-0.15, -0.1) is 4.52 Å². The normalized spacial score (nSPS) is 17.2. The van der Waals surface area contributed by atoms with Gasteiger partial charge in [0, 0.05) is 25.7 Å². The minimum Gasteiger partial charge on any atom is -0.390 e. The van der Waals surface area contributed by atoms with Crippen LogP contribution in [-0.4, -0.2) is 61.4 Å². The third-order valence-electron chi connectivity index (χ3n) is 5.85. The van der Waals surface area contributed by atoms with Crippen molar-refractivity contribution in [2.24, 2.45) is 0 Å². The summed E-state index contributed by atoms with van der Waals surface area (Å²) in [6.07, 6.45) is 3.31. The van der Waals surface area contributed by atoms with E-state index in [0.717, 1.165) is 24.9 Å². The maximum atomic E-state index is 9.58. The summed E-state index contributed by atoms with van der Waals surface area (Å²) >= 11 is 6.77. The molecule has 1 aliphatic carbocycles. The van der Waals surface area contributed by atoms with E-state index >= 15 is 0 Å². The van der Waals surface area contributed by atoms with Crippen molar-refractivity contribution in [3.63, 3.8) is 0 Å². The molecule has 11 heteroatoms. The smallest absolute Gasteiger partial charge is 0.275 e. The first-order chi connectivity index (χ1) is 15.9. The van der Waals surface area contributed by atoms with Gasteiger partial charge in [-0.25, -0.2) is 4.98 Å². The molecule has 5 rings (SSSR count). The average Bonchev–Trinajstić information content (AvgIpc) is 3.50. The maximum Gasteiger partial charge on any atom is 0.275 e. The van der Waals surface area contributed by atoms with Crippen LogP contribution in [0.5, 0.6) is 0 Å². The Morgan fingerprint density at radius 3 is 2.85 bits per heavy atom. The van der Waals surface area contributed by atoms with Crippen molar-refractivity contribution in [3.05, 3.63) is 45.9 Å². The van der Waals surface area contributed by atoms with E-state index in [1.807, 2.05) is 6.92 Å². The molecule has 2 fully saturated rings. The molecule has 2 aliphatic rings. The molecule has 3 heterocycles. The Balaban J connectivity index is 1.49. The Bertz CT molecular complexity index is 1300. The number of likely N-dealkylation sites (tertiary alicyclic amines) is 1. The lowest BCUT2D eigenvalue weighted by atomic mass is 9.96. The molecule has 1 saturated heterocycles. The number of hydrogen-bond acceptors (Lipinski definition) is 8. The molecule has 168 valence electrons. The minimum atomic E-state index is -0.274. The summed E-state index contributed by atoms with van der Waals surface area (Å²) in [5.41, 5.74) is 2.31. The van der Waals surface area contributed by atoms with Gasteiger partial charge in [-0.1, -0.05) is 30.2 Å². The number of nitrogens with one attached hydrogen (secondary N) is 2. The lowest BCUT2D eigenvalue weighted by Gasteiger charge is -2.37. The zero-order valence-corrected chi connectivity index (χ0v) is 18.7. The molecule has 1 saturated carbocycles. The number of imidazole rings is 1. The Morgan fingerprint density at radius 1 is 1.39 bits per heavy atom. The summed E-state index contributed by atoms with van der Waals surface area (Å²) in [6, 6.07) is 5.99. The minimum absolute atomic E-state index is 0.0525. The van der Waals surface area contributed by atoms with Gasteiger partial charge in [-0.05, 0) is 36.5 Å². The number of aromatic nitrogens is 4. The van der Waals surface area contributed by atoms with E-state index < -0.39 is 0 Å². The molecule has 1 unspecified atom stereocenters. The van der Waals surface area contributed by atoms with Crippen molar-refractivity contribution in [2.45, 2.75) is 37.8 Å². The Labute approximate surface area is 195 Å². The lowest BCUT2D eigenvalue weighted by molar-refractivity contribution is -0.000315. The van der Waals surface area contributed by atoms with Crippen molar-refractivity contribution in [3.8, 4) is 6.07 Å². The van der Waals surface area contributed by atoms with Crippen LogP contribution in [0.3, 0.4) is 0 Å². The van der Waals surface area contributed by atoms with Crippen LogP contribution in [0.1, 0.15) is 36.8 Å². The average molecular weight is 464 g/mol. The number of hydrogen-bond donors (Lipinski definition) is 3. The highest BCUT2D eigenvalue weighted by atomic mass is 35.5. The van der Waals surface area contributed by atoms with Crippen molar-refractivity contribution in [1.29, 1.82) is 5.26 Å². The molecule has 1 aromatic carbocycles. The monoisotopic (exact) mass is 463 g/mol. The fraction of sp³-hybridized carbons (Fsp3) is 0.409. The van der Waals surface area contributed by atoms with Gasteiger partial charge in [-0.3, -0.25) is 4.90 Å². The molecular formula is C22H22ClN9O. The summed E-state index contributed by atoms with van der Waals surface area (Å²) < 4.78 is 1.45. The second-order valence-electron chi connectivity index (χ2n) is 8.60. The van der Waals surface area contributed by atoms with Crippen LogP contribution in [0.4, 0.5) is 23.3 Å². The number of aliphatic hydroxyl groups is 1. The molecule has 33 heavy (non-hydrogen) atoms. The van der Waals surface area contributed by atoms with Gasteiger partial charge in [0.2, 0.25) is 0 Å². The molecule has 0 radical (unpaired) electrons. The number of rotatable bonds is 7. The van der Waals surface area contributed by atoms with E-state index in [0.29, 0.717) is 46.9 Å². The van der Waals surface area contributed by atoms with Gasteiger partial charge in [-0.2, -0.15) is 10.2 Å². The Kier molecular flexibility index (Phi) is 5.51. The van der Waals surface area contributed by atoms with Crippen LogP contribution >= 0.6 is 11.6 Å². The van der Waals surface area contributed by atoms with Gasteiger partial charge in [0.05, 0.1) is 34.6 Å². The maximum absolute atomic E-state index is 9.58. The van der Waals surface area contributed by atoms with Gasteiger partial charge < -0.3 is 20.6 Å². The molecule has 3 aromatic rings. The summed E-state index contributed by atoms with van der Waals surface area (Å²) in [7, 11) is 0. The number of nitrogens with zero attached hydrogens (tertiary/aromatic N) is 7. The fourth-order valence-electron chi connectivity index (χ4n) is 3.98. The fourth-order valence-corrected chi connectivity index (χ4v) is 4.32. The number of anilines is 3. The Morgan fingerprint density at radius 2 is 2.18 bits per heavy atom. The van der Waals surface area contributed by atoms with Crippen molar-refractivity contribution < 1.29 is 5.11 Å². The molecule has 0 amide bonds. The highest BCUT2D eigenvalue weighted by molar-refractivity contribution is 6.34. The zero-order chi connectivity index (χ0) is 23.1. The molecule has 1 aliphatic heterocycles. The molecule has 0 bridgehead atoms. The number of halogens is 1. The second kappa shape index (κ2) is 8.49. The second-order valence-corrected chi connectivity index (χ2v) is 8.98. The predicted molar refractivity (Wildman–Crippen MR) is 124 cm³/mol. The number of benzene rings is 1. The summed E-state index contributed by atoms with van der Waals surface area (Å²) in [5, 5.41) is 30.6. The first-order valence-corrected chi connectivity index (χ1v) is 11.1. The van der Waals surface area contributed by atoms with E-state index in [2.05, 4.69) is 41.5 Å². The summed E-state index contributed by atoms with van der Waals surface area (Å²) in [6.45, 7) is 11.5. The number of β-amino-alcohol motifs (C(OH)–C–C–N with tert-alkyl or cyclic N) is 1. The SMILES string of the molecule is [C-]#[N+]c1cnc2c(NC3CC3)nc(Nc3cc(C#N)cc(C(C)CN4CC(O)C4)c3Cl)nn12. The van der Waals surface area contributed by atoms with Crippen LogP contribution in [0.2, 0.25) is 5.02 Å². The van der Waals surface area contributed by atoms with Gasteiger partial charge >= 0.3 is 0 Å². The third kappa shape index (κ3) is 4.29. The molecule has 1 atom stereocenters. The largest absolute Gasteiger partial charge is 0.390 e. The van der Waals surface area contributed by atoms with E-state index in [9.17, 15) is 10.4 Å². The van der Waals surface area contributed by atoms with E-state index in [1.54, 1.807) is 12.1 Å². The van der Waals surface area contributed by atoms with Gasteiger partial charge in [0.1, 0.15) is 0 Å². The van der Waals surface area contributed by atoms with Gasteiger partial charge in [0.25, 0.3) is 17.4 Å².